The Morgan fingerprint density at radius 2 is 1.83 bits per heavy atom. The molecule has 0 bridgehead atoms. The van der Waals surface area contributed by atoms with Crippen molar-refractivity contribution in [2.45, 2.75) is 20.8 Å². The standard InChI is InChI=1S/C18H18ClNO3/c1-4-20(14-6-11(2)5-12(3)7-14)18(21)13-8-15(19)17-16(9-13)22-10-23-17/h5-9H,4,10H2,1-3H3. The van der Waals surface area contributed by atoms with E-state index in [1.165, 1.54) is 0 Å². The third-order valence-corrected chi connectivity index (χ3v) is 4.03. The maximum atomic E-state index is 12.9. The lowest BCUT2D eigenvalue weighted by Gasteiger charge is -2.22. The number of anilines is 1. The molecule has 0 atom stereocenters. The molecule has 0 N–H and O–H groups in total. The topological polar surface area (TPSA) is 38.8 Å². The summed E-state index contributed by atoms with van der Waals surface area (Å²) in [5.74, 6) is 0.896. The van der Waals surface area contributed by atoms with Gasteiger partial charge in [-0.3, -0.25) is 4.79 Å². The lowest BCUT2D eigenvalue weighted by molar-refractivity contribution is 0.0988. The Morgan fingerprint density at radius 1 is 1.13 bits per heavy atom. The lowest BCUT2D eigenvalue weighted by atomic mass is 10.1. The maximum Gasteiger partial charge on any atom is 0.258 e. The summed E-state index contributed by atoms with van der Waals surface area (Å²) in [5, 5.41) is 0.389. The Labute approximate surface area is 140 Å². The van der Waals surface area contributed by atoms with Crippen LogP contribution in [0, 0.1) is 13.8 Å². The van der Waals surface area contributed by atoms with Crippen molar-refractivity contribution in [1.29, 1.82) is 0 Å². The van der Waals surface area contributed by atoms with E-state index in [1.807, 2.05) is 32.9 Å². The van der Waals surface area contributed by atoms with E-state index in [0.29, 0.717) is 28.6 Å². The van der Waals surface area contributed by atoms with Gasteiger partial charge in [0, 0.05) is 17.8 Å². The van der Waals surface area contributed by atoms with Gasteiger partial charge < -0.3 is 14.4 Å². The largest absolute Gasteiger partial charge is 0.454 e. The van der Waals surface area contributed by atoms with Crippen LogP contribution >= 0.6 is 11.6 Å². The Morgan fingerprint density at radius 3 is 2.48 bits per heavy atom. The molecule has 23 heavy (non-hydrogen) atoms. The fourth-order valence-corrected chi connectivity index (χ4v) is 3.06. The Kier molecular flexibility index (Phi) is 4.18. The summed E-state index contributed by atoms with van der Waals surface area (Å²) in [6.45, 7) is 6.68. The van der Waals surface area contributed by atoms with Crippen molar-refractivity contribution in [3.63, 3.8) is 0 Å². The summed E-state index contributed by atoms with van der Waals surface area (Å²) in [4.78, 5) is 14.7. The Hall–Kier alpha value is -2.20. The first-order valence-electron chi connectivity index (χ1n) is 7.49. The molecule has 1 heterocycles. The highest BCUT2D eigenvalue weighted by atomic mass is 35.5. The second-order valence-electron chi connectivity index (χ2n) is 5.59. The van der Waals surface area contributed by atoms with E-state index in [4.69, 9.17) is 21.1 Å². The number of hydrogen-bond acceptors (Lipinski definition) is 3. The highest BCUT2D eigenvalue weighted by Gasteiger charge is 2.23. The maximum absolute atomic E-state index is 12.9. The highest BCUT2D eigenvalue weighted by Crippen LogP contribution is 2.40. The predicted octanol–water partition coefficient (Wildman–Crippen LogP) is 4.35. The minimum Gasteiger partial charge on any atom is -0.454 e. The van der Waals surface area contributed by atoms with E-state index in [9.17, 15) is 4.79 Å². The Bertz CT molecular complexity index is 753. The molecule has 1 aliphatic rings. The summed E-state index contributed by atoms with van der Waals surface area (Å²) < 4.78 is 10.6. The number of halogens is 1. The van der Waals surface area contributed by atoms with Crippen molar-refractivity contribution in [2.75, 3.05) is 18.2 Å². The van der Waals surface area contributed by atoms with Gasteiger partial charge in [-0.15, -0.1) is 0 Å². The first-order valence-corrected chi connectivity index (χ1v) is 7.86. The van der Waals surface area contributed by atoms with Gasteiger partial charge in [-0.2, -0.15) is 0 Å². The molecular formula is C18H18ClNO3. The second kappa shape index (κ2) is 6.13. The molecular weight excluding hydrogens is 314 g/mol. The van der Waals surface area contributed by atoms with E-state index < -0.39 is 0 Å². The zero-order chi connectivity index (χ0) is 16.6. The molecule has 2 aromatic carbocycles. The fraction of sp³-hybridized carbons (Fsp3) is 0.278. The number of aryl methyl sites for hydroxylation is 2. The molecule has 0 aliphatic carbocycles. The van der Waals surface area contributed by atoms with Gasteiger partial charge in [-0.1, -0.05) is 17.7 Å². The monoisotopic (exact) mass is 331 g/mol. The zero-order valence-electron chi connectivity index (χ0n) is 13.4. The van der Waals surface area contributed by atoms with E-state index in [-0.39, 0.29) is 12.7 Å². The number of carbonyl (C=O) groups is 1. The minimum absolute atomic E-state index is 0.113. The summed E-state index contributed by atoms with van der Waals surface area (Å²) >= 11 is 6.19. The minimum atomic E-state index is -0.113. The number of ether oxygens (including phenoxy) is 2. The van der Waals surface area contributed by atoms with Crippen LogP contribution in [0.4, 0.5) is 5.69 Å². The van der Waals surface area contributed by atoms with Crippen molar-refractivity contribution in [2.24, 2.45) is 0 Å². The molecule has 0 aromatic heterocycles. The Balaban J connectivity index is 1.99. The average molecular weight is 332 g/mol. The van der Waals surface area contributed by atoms with Crippen LogP contribution < -0.4 is 14.4 Å². The number of fused-ring (bicyclic) bond motifs is 1. The van der Waals surface area contributed by atoms with Crippen molar-refractivity contribution in [3.05, 3.63) is 52.0 Å². The molecule has 5 heteroatoms. The van der Waals surface area contributed by atoms with Gasteiger partial charge in [0.1, 0.15) is 0 Å². The van der Waals surface area contributed by atoms with Crippen LogP contribution in [0.15, 0.2) is 30.3 Å². The van der Waals surface area contributed by atoms with Gasteiger partial charge in [-0.25, -0.2) is 0 Å². The van der Waals surface area contributed by atoms with E-state index in [1.54, 1.807) is 17.0 Å². The third kappa shape index (κ3) is 2.99. The molecule has 2 aromatic rings. The molecule has 0 radical (unpaired) electrons. The number of hydrogen-bond donors (Lipinski definition) is 0. The summed E-state index contributed by atoms with van der Waals surface area (Å²) in [6.07, 6.45) is 0. The van der Waals surface area contributed by atoms with Crippen LogP contribution in [0.1, 0.15) is 28.4 Å². The van der Waals surface area contributed by atoms with E-state index >= 15 is 0 Å². The summed E-state index contributed by atoms with van der Waals surface area (Å²) in [5.41, 5.74) is 3.61. The van der Waals surface area contributed by atoms with Gasteiger partial charge in [0.15, 0.2) is 11.5 Å². The third-order valence-electron chi connectivity index (χ3n) is 3.75. The van der Waals surface area contributed by atoms with Crippen molar-refractivity contribution in [3.8, 4) is 11.5 Å². The fourth-order valence-electron chi connectivity index (χ4n) is 2.80. The van der Waals surface area contributed by atoms with Crippen LogP contribution in [0.2, 0.25) is 5.02 Å². The molecule has 0 fully saturated rings. The smallest absolute Gasteiger partial charge is 0.258 e. The molecule has 1 aliphatic heterocycles. The number of rotatable bonds is 3. The van der Waals surface area contributed by atoms with Gasteiger partial charge in [0.05, 0.1) is 5.02 Å². The normalized spacial score (nSPS) is 12.3. The first kappa shape index (κ1) is 15.7. The van der Waals surface area contributed by atoms with Gasteiger partial charge >= 0.3 is 0 Å². The molecule has 3 rings (SSSR count). The van der Waals surface area contributed by atoms with Gasteiger partial charge in [0.25, 0.3) is 5.91 Å². The number of nitrogens with zero attached hydrogens (tertiary/aromatic N) is 1. The van der Waals surface area contributed by atoms with E-state index in [2.05, 4.69) is 6.07 Å². The number of carbonyl (C=O) groups excluding carboxylic acids is 1. The SMILES string of the molecule is CCN(C(=O)c1cc(Cl)c2c(c1)OCO2)c1cc(C)cc(C)c1. The number of benzene rings is 2. The molecule has 0 unspecified atom stereocenters. The quantitative estimate of drug-likeness (QED) is 0.839. The average Bonchev–Trinajstić information content (AvgIpc) is 2.96. The van der Waals surface area contributed by atoms with Crippen molar-refractivity contribution >= 4 is 23.2 Å². The molecule has 4 nitrogen and oxygen atoms in total. The van der Waals surface area contributed by atoms with Crippen LogP contribution in [0.3, 0.4) is 0 Å². The zero-order valence-corrected chi connectivity index (χ0v) is 14.1. The van der Waals surface area contributed by atoms with Crippen LogP contribution in [-0.4, -0.2) is 19.2 Å². The van der Waals surface area contributed by atoms with E-state index in [0.717, 1.165) is 16.8 Å². The number of amides is 1. The lowest BCUT2D eigenvalue weighted by Crippen LogP contribution is -2.30. The molecule has 0 saturated heterocycles. The van der Waals surface area contributed by atoms with Crippen LogP contribution in [0.25, 0.3) is 0 Å². The highest BCUT2D eigenvalue weighted by molar-refractivity contribution is 6.33. The second-order valence-corrected chi connectivity index (χ2v) is 5.99. The molecule has 120 valence electrons. The van der Waals surface area contributed by atoms with Crippen molar-refractivity contribution in [1.82, 2.24) is 0 Å². The predicted molar refractivity (Wildman–Crippen MR) is 90.8 cm³/mol. The summed E-state index contributed by atoms with van der Waals surface area (Å²) in [7, 11) is 0. The van der Waals surface area contributed by atoms with Crippen LogP contribution in [0.5, 0.6) is 11.5 Å². The van der Waals surface area contributed by atoms with Crippen molar-refractivity contribution < 1.29 is 14.3 Å². The van der Waals surface area contributed by atoms with Gasteiger partial charge in [0.2, 0.25) is 6.79 Å². The van der Waals surface area contributed by atoms with Gasteiger partial charge in [-0.05, 0) is 56.2 Å². The molecule has 0 saturated carbocycles. The first-order chi connectivity index (χ1) is 11.0. The summed E-state index contributed by atoms with van der Waals surface area (Å²) in [6, 6.07) is 9.40. The molecule has 1 amide bonds. The van der Waals surface area contributed by atoms with Crippen LogP contribution in [-0.2, 0) is 0 Å². The molecule has 0 spiro atoms.